The zero-order valence-electron chi connectivity index (χ0n) is 12.9. The van der Waals surface area contributed by atoms with Gasteiger partial charge in [-0.05, 0) is 37.4 Å². The highest BCUT2D eigenvalue weighted by Gasteiger charge is 2.37. The van der Waals surface area contributed by atoms with Crippen molar-refractivity contribution in [3.05, 3.63) is 29.8 Å². The van der Waals surface area contributed by atoms with Gasteiger partial charge in [-0.1, -0.05) is 20.3 Å². The van der Waals surface area contributed by atoms with Crippen LogP contribution in [0.4, 0.5) is 14.5 Å². The monoisotopic (exact) mass is 294 g/mol. The van der Waals surface area contributed by atoms with E-state index in [-0.39, 0.29) is 17.7 Å². The lowest BCUT2D eigenvalue weighted by molar-refractivity contribution is 0.100. The van der Waals surface area contributed by atoms with Crippen LogP contribution in [0.1, 0.15) is 33.1 Å². The summed E-state index contributed by atoms with van der Waals surface area (Å²) < 4.78 is 27.8. The predicted octanol–water partition coefficient (Wildman–Crippen LogP) is 3.66. The standard InChI is InChI=1S/C17H24F2N2/c1-12(2)17-11-20-8-4-3-5-14(20)10-21(17)16-9-13(18)6-7-15(16)19/h6-7,9,12,14,17H,3-5,8,10-11H2,1-2H3. The van der Waals surface area contributed by atoms with Crippen molar-refractivity contribution < 1.29 is 8.78 Å². The van der Waals surface area contributed by atoms with Crippen molar-refractivity contribution >= 4 is 5.69 Å². The Hall–Kier alpha value is -1.16. The van der Waals surface area contributed by atoms with Crippen LogP contribution in [0.2, 0.25) is 0 Å². The summed E-state index contributed by atoms with van der Waals surface area (Å²) in [5.74, 6) is -0.262. The third-order valence-electron chi connectivity index (χ3n) is 4.97. The maximum absolute atomic E-state index is 14.2. The molecule has 2 nitrogen and oxygen atoms in total. The number of fused-ring (bicyclic) bond motifs is 1. The zero-order chi connectivity index (χ0) is 15.0. The van der Waals surface area contributed by atoms with E-state index in [2.05, 4.69) is 23.6 Å². The molecule has 21 heavy (non-hydrogen) atoms. The largest absolute Gasteiger partial charge is 0.363 e. The van der Waals surface area contributed by atoms with Gasteiger partial charge < -0.3 is 4.90 Å². The minimum absolute atomic E-state index is 0.246. The summed E-state index contributed by atoms with van der Waals surface area (Å²) in [6, 6.07) is 4.52. The minimum Gasteiger partial charge on any atom is -0.363 e. The lowest BCUT2D eigenvalue weighted by atomic mass is 9.91. The van der Waals surface area contributed by atoms with E-state index in [1.54, 1.807) is 0 Å². The van der Waals surface area contributed by atoms with Gasteiger partial charge in [0.15, 0.2) is 0 Å². The molecule has 2 fully saturated rings. The highest BCUT2D eigenvalue weighted by Crippen LogP contribution is 2.32. The van der Waals surface area contributed by atoms with Gasteiger partial charge in [0.1, 0.15) is 11.6 Å². The number of piperidine rings is 1. The van der Waals surface area contributed by atoms with E-state index in [4.69, 9.17) is 0 Å². The lowest BCUT2D eigenvalue weighted by Crippen LogP contribution is -2.61. The van der Waals surface area contributed by atoms with E-state index in [1.807, 2.05) is 0 Å². The Kier molecular flexibility index (Phi) is 4.16. The van der Waals surface area contributed by atoms with Crippen molar-refractivity contribution in [2.24, 2.45) is 5.92 Å². The highest BCUT2D eigenvalue weighted by molar-refractivity contribution is 5.50. The van der Waals surface area contributed by atoms with Gasteiger partial charge in [-0.2, -0.15) is 0 Å². The summed E-state index contributed by atoms with van der Waals surface area (Å²) in [7, 11) is 0. The Labute approximate surface area is 125 Å². The molecule has 0 bridgehead atoms. The number of anilines is 1. The number of hydrogen-bond donors (Lipinski definition) is 0. The van der Waals surface area contributed by atoms with Crippen LogP contribution in [0.25, 0.3) is 0 Å². The first-order valence-electron chi connectivity index (χ1n) is 8.02. The molecular weight excluding hydrogens is 270 g/mol. The Morgan fingerprint density at radius 3 is 2.71 bits per heavy atom. The van der Waals surface area contributed by atoms with Crippen molar-refractivity contribution in [2.45, 2.75) is 45.2 Å². The number of nitrogens with zero attached hydrogens (tertiary/aromatic N) is 2. The van der Waals surface area contributed by atoms with Crippen LogP contribution in [-0.2, 0) is 0 Å². The van der Waals surface area contributed by atoms with Crippen LogP contribution in [0, 0.1) is 17.6 Å². The van der Waals surface area contributed by atoms with Crippen molar-refractivity contribution in [1.29, 1.82) is 0 Å². The molecule has 1 aromatic rings. The predicted molar refractivity (Wildman–Crippen MR) is 81.5 cm³/mol. The molecule has 2 atom stereocenters. The number of benzene rings is 1. The topological polar surface area (TPSA) is 6.48 Å². The van der Waals surface area contributed by atoms with Crippen molar-refractivity contribution in [3.8, 4) is 0 Å². The number of hydrogen-bond acceptors (Lipinski definition) is 2. The summed E-state index contributed by atoms with van der Waals surface area (Å²) in [6.45, 7) is 7.24. The third kappa shape index (κ3) is 2.91. The average molecular weight is 294 g/mol. The van der Waals surface area contributed by atoms with Gasteiger partial charge in [0.25, 0.3) is 0 Å². The average Bonchev–Trinajstić information content (AvgIpc) is 2.48. The molecule has 0 aliphatic carbocycles. The second kappa shape index (κ2) is 5.91. The Bertz CT molecular complexity index is 504. The van der Waals surface area contributed by atoms with Crippen LogP contribution >= 0.6 is 0 Å². The quantitative estimate of drug-likeness (QED) is 0.821. The first-order chi connectivity index (χ1) is 10.1. The molecule has 0 spiro atoms. The molecule has 2 aliphatic rings. The molecule has 0 amide bonds. The first kappa shape index (κ1) is 14.8. The molecule has 1 aromatic carbocycles. The molecule has 0 N–H and O–H groups in total. The molecule has 0 saturated carbocycles. The van der Waals surface area contributed by atoms with Gasteiger partial charge in [-0.15, -0.1) is 0 Å². The van der Waals surface area contributed by atoms with Crippen LogP contribution in [0.3, 0.4) is 0 Å². The van der Waals surface area contributed by atoms with E-state index < -0.39 is 0 Å². The number of piperazine rings is 1. The fourth-order valence-electron chi connectivity index (χ4n) is 3.76. The van der Waals surface area contributed by atoms with E-state index >= 15 is 0 Å². The summed E-state index contributed by atoms with van der Waals surface area (Å²) in [4.78, 5) is 4.65. The Morgan fingerprint density at radius 1 is 1.14 bits per heavy atom. The normalized spacial score (nSPS) is 27.0. The minimum atomic E-state index is -0.361. The van der Waals surface area contributed by atoms with E-state index in [0.29, 0.717) is 17.6 Å². The molecule has 0 aromatic heterocycles. The summed E-state index contributed by atoms with van der Waals surface area (Å²) >= 11 is 0. The highest BCUT2D eigenvalue weighted by atomic mass is 19.1. The molecular formula is C17H24F2N2. The smallest absolute Gasteiger partial charge is 0.146 e. The van der Waals surface area contributed by atoms with E-state index in [0.717, 1.165) is 26.1 Å². The summed E-state index contributed by atoms with van der Waals surface area (Å²) in [5, 5.41) is 0. The molecule has 116 valence electrons. The van der Waals surface area contributed by atoms with Crippen molar-refractivity contribution in [2.75, 3.05) is 24.5 Å². The van der Waals surface area contributed by atoms with Crippen LogP contribution in [-0.4, -0.2) is 36.6 Å². The van der Waals surface area contributed by atoms with Gasteiger partial charge in [-0.25, -0.2) is 8.78 Å². The summed E-state index contributed by atoms with van der Waals surface area (Å²) in [5.41, 5.74) is 0.430. The van der Waals surface area contributed by atoms with Gasteiger partial charge in [0, 0.05) is 31.2 Å². The van der Waals surface area contributed by atoms with Gasteiger partial charge >= 0.3 is 0 Å². The SMILES string of the molecule is CC(C)C1CN2CCCCC2CN1c1cc(F)ccc1F. The molecule has 2 heterocycles. The van der Waals surface area contributed by atoms with Crippen LogP contribution < -0.4 is 4.90 Å². The number of halogens is 2. The molecule has 4 heteroatoms. The summed E-state index contributed by atoms with van der Waals surface area (Å²) in [6.07, 6.45) is 3.67. The molecule has 2 saturated heterocycles. The molecule has 0 radical (unpaired) electrons. The fourth-order valence-corrected chi connectivity index (χ4v) is 3.76. The van der Waals surface area contributed by atoms with Crippen LogP contribution in [0.15, 0.2) is 18.2 Å². The Morgan fingerprint density at radius 2 is 1.95 bits per heavy atom. The second-order valence-electron chi connectivity index (χ2n) is 6.70. The maximum Gasteiger partial charge on any atom is 0.146 e. The lowest BCUT2D eigenvalue weighted by Gasteiger charge is -2.50. The third-order valence-corrected chi connectivity index (χ3v) is 4.97. The van der Waals surface area contributed by atoms with Gasteiger partial charge in [0.05, 0.1) is 5.69 Å². The first-order valence-corrected chi connectivity index (χ1v) is 8.02. The van der Waals surface area contributed by atoms with Gasteiger partial charge in [0.2, 0.25) is 0 Å². The molecule has 2 unspecified atom stereocenters. The number of rotatable bonds is 2. The second-order valence-corrected chi connectivity index (χ2v) is 6.70. The van der Waals surface area contributed by atoms with Crippen molar-refractivity contribution in [3.63, 3.8) is 0 Å². The maximum atomic E-state index is 14.2. The molecule has 2 aliphatic heterocycles. The fraction of sp³-hybridized carbons (Fsp3) is 0.647. The van der Waals surface area contributed by atoms with Crippen molar-refractivity contribution in [1.82, 2.24) is 4.90 Å². The van der Waals surface area contributed by atoms with E-state index in [1.165, 1.54) is 31.0 Å². The van der Waals surface area contributed by atoms with E-state index in [9.17, 15) is 8.78 Å². The van der Waals surface area contributed by atoms with Gasteiger partial charge in [-0.3, -0.25) is 4.90 Å². The zero-order valence-corrected chi connectivity index (χ0v) is 12.9. The van der Waals surface area contributed by atoms with Crippen LogP contribution in [0.5, 0.6) is 0 Å². The Balaban J connectivity index is 1.91. The molecule has 3 rings (SSSR count).